The fourth-order valence-corrected chi connectivity index (χ4v) is 6.57. The first-order chi connectivity index (χ1) is 16.1. The van der Waals surface area contributed by atoms with E-state index in [0.29, 0.717) is 5.78 Å². The number of carbonyl (C=O) groups excluding carboxylic acids is 1. The maximum Gasteiger partial charge on any atom is 0.146 e. The van der Waals surface area contributed by atoms with Gasteiger partial charge in [-0.25, -0.2) is 0 Å². The predicted molar refractivity (Wildman–Crippen MR) is 141 cm³/mol. The number of rotatable bonds is 7. The van der Waals surface area contributed by atoms with Crippen molar-refractivity contribution in [1.82, 2.24) is 4.90 Å². The molecule has 0 bridgehead atoms. The van der Waals surface area contributed by atoms with Crippen LogP contribution in [0.15, 0.2) is 66.1 Å². The maximum atomic E-state index is 13.8. The van der Waals surface area contributed by atoms with Gasteiger partial charge in [-0.1, -0.05) is 67.8 Å². The number of hydrogen-bond acceptors (Lipinski definition) is 3. The van der Waals surface area contributed by atoms with Crippen molar-refractivity contribution in [3.63, 3.8) is 0 Å². The first-order valence-corrected chi connectivity index (χ1v) is 13.5. The number of thiophene rings is 1. The highest BCUT2D eigenvalue weighted by Crippen LogP contribution is 2.37. The van der Waals surface area contributed by atoms with Crippen LogP contribution in [-0.4, -0.2) is 30.3 Å². The molecule has 3 aromatic rings. The van der Waals surface area contributed by atoms with Crippen molar-refractivity contribution in [2.45, 2.75) is 57.3 Å². The van der Waals surface area contributed by atoms with E-state index in [1.165, 1.54) is 46.0 Å². The second-order valence-corrected chi connectivity index (χ2v) is 11.0. The molecule has 2 nitrogen and oxygen atoms in total. The molecule has 3 heteroatoms. The summed E-state index contributed by atoms with van der Waals surface area (Å²) in [6, 6.07) is 19.6. The molecule has 0 radical (unpaired) electrons. The van der Waals surface area contributed by atoms with Gasteiger partial charge in [0.15, 0.2) is 0 Å². The van der Waals surface area contributed by atoms with E-state index in [4.69, 9.17) is 0 Å². The van der Waals surface area contributed by atoms with Gasteiger partial charge in [0, 0.05) is 23.7 Å². The minimum absolute atomic E-state index is 0.240. The molecule has 172 valence electrons. The van der Waals surface area contributed by atoms with Crippen molar-refractivity contribution in [2.24, 2.45) is 5.92 Å². The van der Waals surface area contributed by atoms with Crippen LogP contribution in [0.25, 0.3) is 15.7 Å². The van der Waals surface area contributed by atoms with Crippen molar-refractivity contribution < 1.29 is 4.79 Å². The first-order valence-electron chi connectivity index (χ1n) is 12.6. The third-order valence-corrected chi connectivity index (χ3v) is 8.86. The lowest BCUT2D eigenvalue weighted by molar-refractivity contribution is -0.129. The van der Waals surface area contributed by atoms with Crippen LogP contribution in [0.5, 0.6) is 0 Å². The molecular formula is C30H35NOS. The van der Waals surface area contributed by atoms with Gasteiger partial charge in [0.25, 0.3) is 0 Å². The Hall–Kier alpha value is -2.23. The summed E-state index contributed by atoms with van der Waals surface area (Å²) in [5, 5.41) is 3.51. The van der Waals surface area contributed by atoms with Gasteiger partial charge in [-0.15, -0.1) is 11.3 Å². The minimum atomic E-state index is -0.391. The van der Waals surface area contributed by atoms with Gasteiger partial charge < -0.3 is 0 Å². The fraction of sp³-hybridized carbons (Fsp3) is 0.433. The van der Waals surface area contributed by atoms with Crippen LogP contribution in [-0.2, 0) is 10.2 Å². The normalized spacial score (nSPS) is 19.8. The maximum absolute atomic E-state index is 13.8. The number of benzene rings is 2. The second-order valence-electron chi connectivity index (χ2n) is 10.1. The van der Waals surface area contributed by atoms with Crippen molar-refractivity contribution in [2.75, 3.05) is 19.6 Å². The van der Waals surface area contributed by atoms with Crippen LogP contribution in [0.4, 0.5) is 0 Å². The molecular weight excluding hydrogens is 422 g/mol. The van der Waals surface area contributed by atoms with Gasteiger partial charge >= 0.3 is 0 Å². The lowest BCUT2D eigenvalue weighted by Crippen LogP contribution is -2.42. The van der Waals surface area contributed by atoms with Crippen LogP contribution < -0.4 is 0 Å². The van der Waals surface area contributed by atoms with E-state index in [1.54, 1.807) is 0 Å². The summed E-state index contributed by atoms with van der Waals surface area (Å²) >= 11 is 1.82. The fourth-order valence-electron chi connectivity index (χ4n) is 5.74. The summed E-state index contributed by atoms with van der Waals surface area (Å²) in [5.74, 6) is 0.717. The Morgan fingerprint density at radius 2 is 1.88 bits per heavy atom. The van der Waals surface area contributed by atoms with Crippen LogP contribution in [0.2, 0.25) is 0 Å². The molecule has 0 spiro atoms. The number of carbonyl (C=O) groups is 1. The molecule has 1 saturated carbocycles. The van der Waals surface area contributed by atoms with Crippen molar-refractivity contribution >= 4 is 32.8 Å². The predicted octanol–water partition coefficient (Wildman–Crippen LogP) is 7.49. The monoisotopic (exact) mass is 457 g/mol. The zero-order valence-electron chi connectivity index (χ0n) is 19.8. The summed E-state index contributed by atoms with van der Waals surface area (Å²) in [6.07, 6.45) is 10.2. The molecule has 1 fully saturated rings. The van der Waals surface area contributed by atoms with Gasteiger partial charge in [0.05, 0.1) is 5.41 Å². The van der Waals surface area contributed by atoms with Crippen LogP contribution >= 0.6 is 11.3 Å². The summed E-state index contributed by atoms with van der Waals surface area (Å²) in [6.45, 7) is 5.22. The van der Waals surface area contributed by atoms with Gasteiger partial charge in [-0.2, -0.15) is 0 Å². The van der Waals surface area contributed by atoms with E-state index in [1.807, 2.05) is 11.3 Å². The molecule has 1 aliphatic heterocycles. The van der Waals surface area contributed by atoms with E-state index in [9.17, 15) is 4.79 Å². The molecule has 0 amide bonds. The SMILES string of the molecule is CC(CCN1CC=C(c2ccc3ccsc3c2)CC1)(C(=O)C1CCCCC1)c1ccccc1. The van der Waals surface area contributed by atoms with Crippen molar-refractivity contribution in [3.8, 4) is 0 Å². The van der Waals surface area contributed by atoms with Crippen molar-refractivity contribution in [3.05, 3.63) is 77.2 Å². The minimum Gasteiger partial charge on any atom is -0.299 e. The third-order valence-electron chi connectivity index (χ3n) is 7.98. The lowest BCUT2D eigenvalue weighted by atomic mass is 9.69. The van der Waals surface area contributed by atoms with Crippen LogP contribution in [0, 0.1) is 5.92 Å². The Kier molecular flexibility index (Phi) is 6.80. The summed E-state index contributed by atoms with van der Waals surface area (Å²) in [5.41, 5.74) is 3.63. The topological polar surface area (TPSA) is 20.3 Å². The van der Waals surface area contributed by atoms with Crippen LogP contribution in [0.1, 0.15) is 63.0 Å². The number of Topliss-reactive ketones (excluding diaryl/α,β-unsaturated/α-hetero) is 1. The molecule has 0 N–H and O–H groups in total. The van der Waals surface area contributed by atoms with E-state index in [-0.39, 0.29) is 5.92 Å². The Bertz CT molecular complexity index is 1120. The number of fused-ring (bicyclic) bond motifs is 1. The van der Waals surface area contributed by atoms with Gasteiger partial charge in [0.1, 0.15) is 5.78 Å². The molecule has 5 rings (SSSR count). The molecule has 2 aliphatic rings. The summed E-state index contributed by atoms with van der Waals surface area (Å²) in [4.78, 5) is 16.3. The van der Waals surface area contributed by atoms with E-state index >= 15 is 0 Å². The number of ketones is 1. The van der Waals surface area contributed by atoms with E-state index in [2.05, 4.69) is 77.9 Å². The standard InChI is InChI=1S/C30H35NOS/c1-30(27-10-6-3-7-11-27,29(32)25-8-4-2-5-9-25)17-20-31-18-14-23(15-19-31)26-13-12-24-16-21-33-28(24)22-26/h3,6-7,10-14,16,21-22,25H,2,4-5,8-9,15,17-20H2,1H3. The lowest BCUT2D eigenvalue weighted by Gasteiger charge is -2.36. The van der Waals surface area contributed by atoms with E-state index in [0.717, 1.165) is 45.3 Å². The Morgan fingerprint density at radius 1 is 1.06 bits per heavy atom. The quantitative estimate of drug-likeness (QED) is 0.366. The Labute approximate surface area is 202 Å². The van der Waals surface area contributed by atoms with E-state index < -0.39 is 5.41 Å². The molecule has 1 unspecified atom stereocenters. The smallest absolute Gasteiger partial charge is 0.146 e. The highest BCUT2D eigenvalue weighted by Gasteiger charge is 2.39. The molecule has 0 saturated heterocycles. The highest BCUT2D eigenvalue weighted by molar-refractivity contribution is 7.17. The zero-order chi connectivity index (χ0) is 22.7. The summed E-state index contributed by atoms with van der Waals surface area (Å²) < 4.78 is 1.37. The molecule has 1 aromatic heterocycles. The highest BCUT2D eigenvalue weighted by atomic mass is 32.1. The Balaban J connectivity index is 1.28. The van der Waals surface area contributed by atoms with Gasteiger partial charge in [0.2, 0.25) is 0 Å². The number of nitrogens with zero attached hydrogens (tertiary/aromatic N) is 1. The molecule has 33 heavy (non-hydrogen) atoms. The average molecular weight is 458 g/mol. The number of hydrogen-bond donors (Lipinski definition) is 0. The zero-order valence-corrected chi connectivity index (χ0v) is 20.6. The molecule has 2 aromatic carbocycles. The third kappa shape index (κ3) is 4.85. The molecule has 1 atom stereocenters. The summed E-state index contributed by atoms with van der Waals surface area (Å²) in [7, 11) is 0. The molecule has 2 heterocycles. The second kappa shape index (κ2) is 9.95. The van der Waals surface area contributed by atoms with Crippen LogP contribution in [0.3, 0.4) is 0 Å². The van der Waals surface area contributed by atoms with Crippen molar-refractivity contribution in [1.29, 1.82) is 0 Å². The van der Waals surface area contributed by atoms with Gasteiger partial charge in [-0.05, 0) is 78.8 Å². The Morgan fingerprint density at radius 3 is 2.64 bits per heavy atom. The van der Waals surface area contributed by atoms with Gasteiger partial charge in [-0.3, -0.25) is 9.69 Å². The largest absolute Gasteiger partial charge is 0.299 e. The average Bonchev–Trinajstić information content (AvgIpc) is 3.36. The first kappa shape index (κ1) is 22.6. The molecule has 1 aliphatic carbocycles.